The quantitative estimate of drug-likeness (QED) is 0.675. The number of amides is 2. The Labute approximate surface area is 115 Å². The van der Waals surface area contributed by atoms with Crippen molar-refractivity contribution < 1.29 is 4.79 Å². The molecular formula is C14H24N4O. The number of nitriles is 1. The molecule has 2 fully saturated rings. The second-order valence-electron chi connectivity index (χ2n) is 5.74. The van der Waals surface area contributed by atoms with Crippen molar-refractivity contribution in [1.29, 1.82) is 5.26 Å². The molecule has 2 aliphatic heterocycles. The number of hydrogen-bond donors (Lipinski definition) is 0. The molecule has 0 spiro atoms. The molecule has 0 aromatic rings. The summed E-state index contributed by atoms with van der Waals surface area (Å²) in [5, 5.41) is 8.69. The van der Waals surface area contributed by atoms with Crippen LogP contribution >= 0.6 is 0 Å². The standard InChI is InChI=1S/C14H24N4O/c1-12-4-3-5-13(2)18(12)14(19)17-10-8-16(7-6-15)9-11-17/h12-13H,3-5,7-11H2,1-2H3. The monoisotopic (exact) mass is 264 g/mol. The molecule has 0 aliphatic carbocycles. The van der Waals surface area contributed by atoms with Gasteiger partial charge in [-0.15, -0.1) is 0 Å². The molecule has 2 saturated heterocycles. The third kappa shape index (κ3) is 3.19. The van der Waals surface area contributed by atoms with Crippen LogP contribution in [0.1, 0.15) is 33.1 Å². The first-order chi connectivity index (χ1) is 9.13. The third-order valence-electron chi connectivity index (χ3n) is 4.35. The number of likely N-dealkylation sites (tertiary alicyclic amines) is 1. The molecule has 2 amide bonds. The highest BCUT2D eigenvalue weighted by Crippen LogP contribution is 2.24. The van der Waals surface area contributed by atoms with Gasteiger partial charge in [0.25, 0.3) is 0 Å². The van der Waals surface area contributed by atoms with Crippen LogP contribution in [0.5, 0.6) is 0 Å². The largest absolute Gasteiger partial charge is 0.322 e. The van der Waals surface area contributed by atoms with Crippen LogP contribution < -0.4 is 0 Å². The Hall–Kier alpha value is -1.28. The van der Waals surface area contributed by atoms with E-state index in [2.05, 4.69) is 29.7 Å². The predicted molar refractivity (Wildman–Crippen MR) is 73.6 cm³/mol. The molecule has 0 aromatic heterocycles. The molecule has 2 unspecified atom stereocenters. The van der Waals surface area contributed by atoms with Crippen LogP contribution in [0, 0.1) is 11.3 Å². The smallest absolute Gasteiger partial charge is 0.320 e. The van der Waals surface area contributed by atoms with Gasteiger partial charge in [0.1, 0.15) is 0 Å². The van der Waals surface area contributed by atoms with Gasteiger partial charge in [0.05, 0.1) is 12.6 Å². The van der Waals surface area contributed by atoms with E-state index in [1.165, 1.54) is 6.42 Å². The fourth-order valence-electron chi connectivity index (χ4n) is 3.16. The Morgan fingerprint density at radius 2 is 1.74 bits per heavy atom. The Kier molecular flexibility index (Phi) is 4.65. The van der Waals surface area contributed by atoms with Crippen LogP contribution in [0.2, 0.25) is 0 Å². The van der Waals surface area contributed by atoms with E-state index in [4.69, 9.17) is 5.26 Å². The van der Waals surface area contributed by atoms with E-state index in [1.54, 1.807) is 0 Å². The first kappa shape index (κ1) is 14.1. The van der Waals surface area contributed by atoms with Gasteiger partial charge in [0.2, 0.25) is 0 Å². The van der Waals surface area contributed by atoms with E-state index in [0.717, 1.165) is 39.0 Å². The van der Waals surface area contributed by atoms with Gasteiger partial charge in [-0.25, -0.2) is 4.79 Å². The number of carbonyl (C=O) groups is 1. The number of hydrogen-bond acceptors (Lipinski definition) is 3. The molecule has 0 radical (unpaired) electrons. The molecule has 2 heterocycles. The molecule has 2 rings (SSSR count). The van der Waals surface area contributed by atoms with E-state index in [-0.39, 0.29) is 6.03 Å². The van der Waals surface area contributed by atoms with Gasteiger partial charge >= 0.3 is 6.03 Å². The van der Waals surface area contributed by atoms with Crippen LogP contribution in [-0.2, 0) is 0 Å². The van der Waals surface area contributed by atoms with E-state index in [1.807, 2.05) is 4.90 Å². The highest BCUT2D eigenvalue weighted by molar-refractivity contribution is 5.75. The van der Waals surface area contributed by atoms with Crippen LogP contribution in [-0.4, -0.2) is 65.5 Å². The van der Waals surface area contributed by atoms with Crippen molar-refractivity contribution in [2.45, 2.75) is 45.2 Å². The minimum Gasteiger partial charge on any atom is -0.322 e. The zero-order valence-electron chi connectivity index (χ0n) is 12.0. The van der Waals surface area contributed by atoms with Gasteiger partial charge in [-0.05, 0) is 33.1 Å². The summed E-state index contributed by atoms with van der Waals surface area (Å²) in [5.74, 6) is 0. The van der Waals surface area contributed by atoms with Gasteiger partial charge in [0, 0.05) is 38.3 Å². The minimum absolute atomic E-state index is 0.191. The van der Waals surface area contributed by atoms with E-state index in [0.29, 0.717) is 18.6 Å². The molecule has 0 saturated carbocycles. The van der Waals surface area contributed by atoms with E-state index >= 15 is 0 Å². The van der Waals surface area contributed by atoms with Gasteiger partial charge in [-0.2, -0.15) is 5.26 Å². The average molecular weight is 264 g/mol. The number of piperazine rings is 1. The maximum atomic E-state index is 12.6. The maximum absolute atomic E-state index is 12.6. The molecule has 2 atom stereocenters. The summed E-state index contributed by atoms with van der Waals surface area (Å²) < 4.78 is 0. The second kappa shape index (κ2) is 6.25. The van der Waals surface area contributed by atoms with Crippen LogP contribution in [0.25, 0.3) is 0 Å². The fourth-order valence-corrected chi connectivity index (χ4v) is 3.16. The van der Waals surface area contributed by atoms with Crippen molar-refractivity contribution in [1.82, 2.24) is 14.7 Å². The molecule has 0 aromatic carbocycles. The summed E-state index contributed by atoms with van der Waals surface area (Å²) in [6.07, 6.45) is 3.46. The minimum atomic E-state index is 0.191. The lowest BCUT2D eigenvalue weighted by atomic mass is 9.98. The van der Waals surface area contributed by atoms with Crippen LogP contribution in [0.3, 0.4) is 0 Å². The first-order valence-corrected chi connectivity index (χ1v) is 7.30. The summed E-state index contributed by atoms with van der Waals surface area (Å²) in [4.78, 5) is 18.7. The topological polar surface area (TPSA) is 50.6 Å². The van der Waals surface area contributed by atoms with Crippen LogP contribution in [0.4, 0.5) is 4.79 Å². The zero-order chi connectivity index (χ0) is 13.8. The van der Waals surface area contributed by atoms with Gasteiger partial charge in [0.15, 0.2) is 0 Å². The Morgan fingerprint density at radius 1 is 1.16 bits per heavy atom. The molecule has 2 aliphatic rings. The van der Waals surface area contributed by atoms with Crippen molar-refractivity contribution in [3.63, 3.8) is 0 Å². The molecule has 5 heteroatoms. The lowest BCUT2D eigenvalue weighted by molar-refractivity contribution is 0.0752. The lowest BCUT2D eigenvalue weighted by Crippen LogP contribution is -2.57. The molecule has 5 nitrogen and oxygen atoms in total. The number of nitrogens with zero attached hydrogens (tertiary/aromatic N) is 4. The zero-order valence-corrected chi connectivity index (χ0v) is 12.0. The number of urea groups is 1. The molecule has 0 bridgehead atoms. The molecule has 19 heavy (non-hydrogen) atoms. The number of carbonyl (C=O) groups excluding carboxylic acids is 1. The highest BCUT2D eigenvalue weighted by Gasteiger charge is 2.33. The number of rotatable bonds is 1. The second-order valence-corrected chi connectivity index (χ2v) is 5.74. The van der Waals surface area contributed by atoms with Gasteiger partial charge in [-0.3, -0.25) is 4.90 Å². The summed E-state index contributed by atoms with van der Waals surface area (Å²) in [7, 11) is 0. The third-order valence-corrected chi connectivity index (χ3v) is 4.35. The predicted octanol–water partition coefficient (Wildman–Crippen LogP) is 1.51. The fraction of sp³-hybridized carbons (Fsp3) is 0.857. The van der Waals surface area contributed by atoms with E-state index < -0.39 is 0 Å². The lowest BCUT2D eigenvalue weighted by Gasteiger charge is -2.43. The van der Waals surface area contributed by atoms with Crippen molar-refractivity contribution in [2.24, 2.45) is 0 Å². The summed E-state index contributed by atoms with van der Waals surface area (Å²) in [6, 6.07) is 3.07. The van der Waals surface area contributed by atoms with Crippen molar-refractivity contribution in [2.75, 3.05) is 32.7 Å². The maximum Gasteiger partial charge on any atom is 0.320 e. The Morgan fingerprint density at radius 3 is 2.26 bits per heavy atom. The summed E-state index contributed by atoms with van der Waals surface area (Å²) in [6.45, 7) is 7.90. The SMILES string of the molecule is CC1CCCC(C)N1C(=O)N1CCN(CC#N)CC1. The van der Waals surface area contributed by atoms with E-state index in [9.17, 15) is 4.79 Å². The van der Waals surface area contributed by atoms with Crippen molar-refractivity contribution in [3.05, 3.63) is 0 Å². The summed E-state index contributed by atoms with van der Waals surface area (Å²) in [5.41, 5.74) is 0. The normalized spacial score (nSPS) is 29.1. The summed E-state index contributed by atoms with van der Waals surface area (Å²) >= 11 is 0. The number of piperidine rings is 1. The first-order valence-electron chi connectivity index (χ1n) is 7.30. The molecule has 0 N–H and O–H groups in total. The van der Waals surface area contributed by atoms with Gasteiger partial charge in [-0.1, -0.05) is 0 Å². The van der Waals surface area contributed by atoms with Crippen molar-refractivity contribution >= 4 is 6.03 Å². The molecular weight excluding hydrogens is 240 g/mol. The Bertz CT molecular complexity index is 347. The van der Waals surface area contributed by atoms with Crippen molar-refractivity contribution in [3.8, 4) is 6.07 Å². The van der Waals surface area contributed by atoms with Crippen LogP contribution in [0.15, 0.2) is 0 Å². The van der Waals surface area contributed by atoms with Gasteiger partial charge < -0.3 is 9.80 Å². The average Bonchev–Trinajstić information content (AvgIpc) is 2.39. The molecule has 106 valence electrons. The Balaban J connectivity index is 1.91. The highest BCUT2D eigenvalue weighted by atomic mass is 16.2.